The van der Waals surface area contributed by atoms with E-state index >= 15 is 0 Å². The first-order valence-electron chi connectivity index (χ1n) is 8.51. The fraction of sp³-hybridized carbons (Fsp3) is 0.588. The average Bonchev–Trinajstić information content (AvgIpc) is 3.27. The maximum absolute atomic E-state index is 13.0. The van der Waals surface area contributed by atoms with E-state index in [1.165, 1.54) is 7.11 Å². The topological polar surface area (TPSA) is 94.2 Å². The Balaban J connectivity index is 1.64. The van der Waals surface area contributed by atoms with Crippen molar-refractivity contribution in [3.05, 3.63) is 29.4 Å². The number of carbonyl (C=O) groups excluding carboxylic acids is 1. The van der Waals surface area contributed by atoms with Crippen LogP contribution in [-0.2, 0) is 5.41 Å². The van der Waals surface area contributed by atoms with Gasteiger partial charge in [0.25, 0.3) is 5.91 Å². The number of hydrogen-bond donors (Lipinski definition) is 0. The summed E-state index contributed by atoms with van der Waals surface area (Å²) in [5.74, 6) is 2.35. The zero-order chi connectivity index (χ0) is 17.6. The molecule has 1 saturated heterocycles. The maximum Gasteiger partial charge on any atom is 0.260 e. The van der Waals surface area contributed by atoms with E-state index in [9.17, 15) is 4.79 Å². The number of methoxy groups -OCH3 is 1. The van der Waals surface area contributed by atoms with Gasteiger partial charge in [0.1, 0.15) is 11.4 Å². The molecule has 2 fully saturated rings. The predicted molar refractivity (Wildman–Crippen MR) is 87.3 cm³/mol. The summed E-state index contributed by atoms with van der Waals surface area (Å²) in [5, 5.41) is 8.26. The van der Waals surface area contributed by atoms with E-state index in [-0.39, 0.29) is 11.3 Å². The molecule has 0 radical (unpaired) electrons. The molecule has 1 amide bonds. The normalized spacial score (nSPS) is 25.2. The van der Waals surface area contributed by atoms with Crippen LogP contribution in [-0.4, -0.2) is 51.2 Å². The number of aryl methyl sites for hydroxylation is 2. The molecule has 0 spiro atoms. The van der Waals surface area contributed by atoms with Crippen molar-refractivity contribution >= 4 is 5.91 Å². The van der Waals surface area contributed by atoms with Gasteiger partial charge in [-0.3, -0.25) is 4.79 Å². The van der Waals surface area contributed by atoms with Crippen LogP contribution >= 0.6 is 0 Å². The van der Waals surface area contributed by atoms with Gasteiger partial charge in [-0.05, 0) is 25.7 Å². The van der Waals surface area contributed by atoms with Gasteiger partial charge < -0.3 is 14.1 Å². The Hall–Kier alpha value is -2.51. The molecule has 0 bridgehead atoms. The third kappa shape index (κ3) is 2.47. The number of ether oxygens (including phenoxy) is 1. The smallest absolute Gasteiger partial charge is 0.260 e. The second-order valence-corrected chi connectivity index (χ2v) is 6.90. The lowest BCUT2D eigenvalue weighted by atomic mass is 9.80. The highest BCUT2D eigenvalue weighted by atomic mass is 16.5. The minimum absolute atomic E-state index is 0.109. The summed E-state index contributed by atoms with van der Waals surface area (Å²) in [5.41, 5.74) is 0.167. The molecule has 0 N–H and O–H groups in total. The summed E-state index contributed by atoms with van der Waals surface area (Å²) < 4.78 is 11.0. The van der Waals surface area contributed by atoms with E-state index in [4.69, 9.17) is 9.15 Å². The Morgan fingerprint density at radius 3 is 2.96 bits per heavy atom. The van der Waals surface area contributed by atoms with Gasteiger partial charge in [0.05, 0.1) is 12.5 Å². The van der Waals surface area contributed by atoms with Crippen LogP contribution in [0.2, 0.25) is 0 Å². The molecule has 2 aliphatic rings. The van der Waals surface area contributed by atoms with E-state index in [2.05, 4.69) is 20.2 Å². The van der Waals surface area contributed by atoms with E-state index in [0.29, 0.717) is 48.1 Å². The largest absolute Gasteiger partial charge is 0.480 e. The van der Waals surface area contributed by atoms with Crippen LogP contribution in [0.1, 0.15) is 47.2 Å². The highest BCUT2D eigenvalue weighted by molar-refractivity contribution is 5.96. The SMILES string of the molecule is COc1nc(C)ncc1C(=O)N1C[C@@H]2CCC[C@]2(c2nnc(C)o2)C1. The second kappa shape index (κ2) is 5.79. The number of rotatable bonds is 3. The van der Waals surface area contributed by atoms with Crippen LogP contribution in [0.25, 0.3) is 0 Å². The summed E-state index contributed by atoms with van der Waals surface area (Å²) >= 11 is 0. The summed E-state index contributed by atoms with van der Waals surface area (Å²) in [6.45, 7) is 4.82. The number of amides is 1. The monoisotopic (exact) mass is 343 g/mol. The molecule has 132 valence electrons. The Morgan fingerprint density at radius 2 is 2.24 bits per heavy atom. The second-order valence-electron chi connectivity index (χ2n) is 6.90. The molecule has 4 rings (SSSR count). The number of hydrogen-bond acceptors (Lipinski definition) is 7. The highest BCUT2D eigenvalue weighted by Crippen LogP contribution is 2.50. The zero-order valence-corrected chi connectivity index (χ0v) is 14.7. The Kier molecular flexibility index (Phi) is 3.70. The van der Waals surface area contributed by atoms with Crippen LogP contribution in [0.4, 0.5) is 0 Å². The van der Waals surface area contributed by atoms with Gasteiger partial charge in [-0.2, -0.15) is 4.98 Å². The zero-order valence-electron chi connectivity index (χ0n) is 14.7. The van der Waals surface area contributed by atoms with Gasteiger partial charge in [-0.15, -0.1) is 10.2 Å². The fourth-order valence-corrected chi connectivity index (χ4v) is 4.21. The van der Waals surface area contributed by atoms with Crippen molar-refractivity contribution in [3.8, 4) is 5.88 Å². The van der Waals surface area contributed by atoms with Crippen LogP contribution in [0.3, 0.4) is 0 Å². The van der Waals surface area contributed by atoms with E-state index < -0.39 is 0 Å². The average molecular weight is 343 g/mol. The minimum atomic E-state index is -0.226. The lowest BCUT2D eigenvalue weighted by molar-refractivity contribution is 0.0771. The molecule has 0 aromatic carbocycles. The summed E-state index contributed by atoms with van der Waals surface area (Å²) in [6, 6.07) is 0. The van der Waals surface area contributed by atoms with Crippen molar-refractivity contribution in [1.29, 1.82) is 0 Å². The number of carbonyl (C=O) groups is 1. The molecule has 1 aliphatic heterocycles. The van der Waals surface area contributed by atoms with Crippen LogP contribution in [0.5, 0.6) is 5.88 Å². The van der Waals surface area contributed by atoms with Gasteiger partial charge in [0.2, 0.25) is 17.7 Å². The quantitative estimate of drug-likeness (QED) is 0.837. The summed E-state index contributed by atoms with van der Waals surface area (Å²) in [6.07, 6.45) is 4.68. The predicted octanol–water partition coefficient (Wildman–Crippen LogP) is 1.68. The Bertz CT molecular complexity index is 820. The first-order chi connectivity index (χ1) is 12.0. The van der Waals surface area contributed by atoms with E-state index in [1.807, 2.05) is 4.90 Å². The van der Waals surface area contributed by atoms with Gasteiger partial charge in [-0.25, -0.2) is 4.98 Å². The van der Waals surface area contributed by atoms with Crippen LogP contribution in [0, 0.1) is 19.8 Å². The lowest BCUT2D eigenvalue weighted by Gasteiger charge is -2.24. The molecular weight excluding hydrogens is 322 g/mol. The van der Waals surface area contributed by atoms with Gasteiger partial charge in [-0.1, -0.05) is 6.42 Å². The lowest BCUT2D eigenvalue weighted by Crippen LogP contribution is -2.35. The molecular formula is C17H21N5O3. The third-order valence-electron chi connectivity index (χ3n) is 5.41. The number of fused-ring (bicyclic) bond motifs is 1. The molecule has 8 nitrogen and oxygen atoms in total. The number of likely N-dealkylation sites (tertiary alicyclic amines) is 1. The first-order valence-corrected chi connectivity index (χ1v) is 8.51. The summed E-state index contributed by atoms with van der Waals surface area (Å²) in [7, 11) is 1.51. The van der Waals surface area contributed by atoms with E-state index in [1.54, 1.807) is 20.0 Å². The van der Waals surface area contributed by atoms with Crippen LogP contribution in [0.15, 0.2) is 10.6 Å². The molecule has 2 aromatic rings. The minimum Gasteiger partial charge on any atom is -0.480 e. The molecule has 1 saturated carbocycles. The van der Waals surface area contributed by atoms with Crippen molar-refractivity contribution in [2.45, 2.75) is 38.5 Å². The van der Waals surface area contributed by atoms with Gasteiger partial charge in [0.15, 0.2) is 0 Å². The van der Waals surface area contributed by atoms with Crippen LogP contribution < -0.4 is 4.74 Å². The third-order valence-corrected chi connectivity index (χ3v) is 5.41. The molecule has 1 aliphatic carbocycles. The fourth-order valence-electron chi connectivity index (χ4n) is 4.21. The van der Waals surface area contributed by atoms with Gasteiger partial charge in [0, 0.05) is 26.2 Å². The molecule has 2 atom stereocenters. The molecule has 0 unspecified atom stereocenters. The van der Waals surface area contributed by atoms with Gasteiger partial charge >= 0.3 is 0 Å². The molecule has 2 aromatic heterocycles. The number of nitrogens with zero attached hydrogens (tertiary/aromatic N) is 5. The Morgan fingerprint density at radius 1 is 1.40 bits per heavy atom. The van der Waals surface area contributed by atoms with E-state index in [0.717, 1.165) is 19.3 Å². The van der Waals surface area contributed by atoms with Crippen molar-refractivity contribution in [2.24, 2.45) is 5.92 Å². The van der Waals surface area contributed by atoms with Crippen molar-refractivity contribution in [2.75, 3.05) is 20.2 Å². The summed E-state index contributed by atoms with van der Waals surface area (Å²) in [4.78, 5) is 23.3. The van der Waals surface area contributed by atoms with Crippen molar-refractivity contribution < 1.29 is 13.9 Å². The molecule has 25 heavy (non-hydrogen) atoms. The highest BCUT2D eigenvalue weighted by Gasteiger charge is 2.55. The maximum atomic E-state index is 13.0. The number of aromatic nitrogens is 4. The molecule has 3 heterocycles. The first kappa shape index (κ1) is 16.0. The van der Waals surface area contributed by atoms with Crippen molar-refractivity contribution in [3.63, 3.8) is 0 Å². The standard InChI is InChI=1S/C17H21N5O3/c1-10-18-7-13(14(19-10)24-3)15(23)22-8-12-5-4-6-17(12,9-22)16-21-20-11(2)25-16/h7,12H,4-6,8-9H2,1-3H3/t12-,17-/m0/s1. The van der Waals surface area contributed by atoms with Crippen molar-refractivity contribution in [1.82, 2.24) is 25.1 Å². The Labute approximate surface area is 145 Å². The molecule has 8 heteroatoms.